The zero-order valence-electron chi connectivity index (χ0n) is 12.1. The molecule has 1 N–H and O–H groups in total. The van der Waals surface area contributed by atoms with Crippen LogP contribution in [0.1, 0.15) is 11.9 Å². The molecule has 0 atom stereocenters. The van der Waals surface area contributed by atoms with Crippen molar-refractivity contribution in [1.82, 2.24) is 4.98 Å². The van der Waals surface area contributed by atoms with Crippen LogP contribution in [0.4, 0.5) is 10.1 Å². The third kappa shape index (κ3) is 3.60. The second-order valence-corrected chi connectivity index (χ2v) is 6.27. The molecule has 0 aliphatic heterocycles. The average Bonchev–Trinajstić information content (AvgIpc) is 2.94. The summed E-state index contributed by atoms with van der Waals surface area (Å²) in [6.45, 7) is 1.71. The van der Waals surface area contributed by atoms with Crippen molar-refractivity contribution >= 4 is 44.7 Å². The molecule has 0 unspecified atom stereocenters. The fourth-order valence-corrected chi connectivity index (χ4v) is 3.20. The Kier molecular flexibility index (Phi) is 4.45. The lowest BCUT2D eigenvalue weighted by atomic mass is 10.3. The largest absolute Gasteiger partial charge is 0.486 e. The molecule has 1 heterocycles. The van der Waals surface area contributed by atoms with Gasteiger partial charge in [0, 0.05) is 12.6 Å². The number of fused-ring (bicyclic) bond motifs is 1. The Hall–Kier alpha value is -2.18. The summed E-state index contributed by atoms with van der Waals surface area (Å²) < 4.78 is 19.7. The molecule has 1 amide bonds. The van der Waals surface area contributed by atoms with E-state index in [0.29, 0.717) is 26.7 Å². The third-order valence-electron chi connectivity index (χ3n) is 3.03. The fourth-order valence-electron chi connectivity index (χ4n) is 2.03. The lowest BCUT2D eigenvalue weighted by Gasteiger charge is -2.05. The van der Waals surface area contributed by atoms with Crippen molar-refractivity contribution in [3.05, 3.63) is 52.2 Å². The Labute approximate surface area is 140 Å². The van der Waals surface area contributed by atoms with Gasteiger partial charge in [-0.2, -0.15) is 0 Å². The van der Waals surface area contributed by atoms with Gasteiger partial charge in [-0.15, -0.1) is 11.3 Å². The minimum Gasteiger partial charge on any atom is -0.486 e. The first-order valence-corrected chi connectivity index (χ1v) is 7.96. The highest BCUT2D eigenvalue weighted by atomic mass is 35.5. The van der Waals surface area contributed by atoms with E-state index in [2.05, 4.69) is 10.3 Å². The third-order valence-corrected chi connectivity index (χ3v) is 4.57. The smallest absolute Gasteiger partial charge is 0.221 e. The van der Waals surface area contributed by atoms with Gasteiger partial charge in [0.25, 0.3) is 0 Å². The van der Waals surface area contributed by atoms with E-state index < -0.39 is 5.82 Å². The van der Waals surface area contributed by atoms with E-state index >= 15 is 0 Å². The van der Waals surface area contributed by atoms with E-state index in [1.165, 1.54) is 24.3 Å². The molecule has 0 bridgehead atoms. The van der Waals surface area contributed by atoms with Crippen LogP contribution < -0.4 is 10.1 Å². The van der Waals surface area contributed by atoms with Crippen LogP contribution >= 0.6 is 22.9 Å². The Morgan fingerprint density at radius 2 is 2.04 bits per heavy atom. The van der Waals surface area contributed by atoms with Gasteiger partial charge in [0.2, 0.25) is 5.91 Å². The first kappa shape index (κ1) is 15.7. The van der Waals surface area contributed by atoms with E-state index in [9.17, 15) is 9.18 Å². The molecule has 118 valence electrons. The number of halogens is 2. The van der Waals surface area contributed by atoms with Gasteiger partial charge < -0.3 is 10.1 Å². The maximum atomic E-state index is 13.4. The fraction of sp³-hybridized carbons (Fsp3) is 0.125. The zero-order chi connectivity index (χ0) is 16.4. The minimum absolute atomic E-state index is 0.0888. The van der Waals surface area contributed by atoms with E-state index in [-0.39, 0.29) is 17.5 Å². The summed E-state index contributed by atoms with van der Waals surface area (Å²) in [5.41, 5.74) is 1.35. The number of ether oxygens (including phenoxy) is 1. The first-order valence-electron chi connectivity index (χ1n) is 6.77. The molecule has 7 heteroatoms. The molecule has 23 heavy (non-hydrogen) atoms. The Bertz CT molecular complexity index is 864. The Morgan fingerprint density at radius 1 is 1.30 bits per heavy atom. The maximum absolute atomic E-state index is 13.4. The number of benzene rings is 2. The maximum Gasteiger partial charge on any atom is 0.221 e. The number of nitrogens with one attached hydrogen (secondary N) is 1. The zero-order valence-corrected chi connectivity index (χ0v) is 13.7. The number of anilines is 1. The SMILES string of the molecule is CC(=O)Nc1ccc(OCc2nc3ccc(F)c(Cl)c3s2)cc1. The van der Waals surface area contributed by atoms with Gasteiger partial charge in [0.15, 0.2) is 0 Å². The molecule has 3 aromatic rings. The number of nitrogens with zero attached hydrogens (tertiary/aromatic N) is 1. The summed E-state index contributed by atoms with van der Waals surface area (Å²) in [4.78, 5) is 15.3. The topological polar surface area (TPSA) is 51.2 Å². The van der Waals surface area contributed by atoms with E-state index in [1.54, 1.807) is 30.3 Å². The molecular weight excluding hydrogens is 339 g/mol. The molecule has 0 saturated heterocycles. The average molecular weight is 351 g/mol. The highest BCUT2D eigenvalue weighted by molar-refractivity contribution is 7.19. The summed E-state index contributed by atoms with van der Waals surface area (Å²) in [7, 11) is 0. The molecule has 1 aromatic heterocycles. The summed E-state index contributed by atoms with van der Waals surface area (Å²) in [5.74, 6) is 0.0664. The number of rotatable bonds is 4. The van der Waals surface area contributed by atoms with Crippen LogP contribution in [-0.2, 0) is 11.4 Å². The van der Waals surface area contributed by atoms with E-state index in [0.717, 1.165) is 0 Å². The normalized spacial score (nSPS) is 10.7. The Morgan fingerprint density at radius 3 is 2.74 bits per heavy atom. The van der Waals surface area contributed by atoms with Gasteiger partial charge in [0.05, 0.1) is 15.2 Å². The highest BCUT2D eigenvalue weighted by Gasteiger charge is 2.11. The molecule has 0 aliphatic carbocycles. The monoisotopic (exact) mass is 350 g/mol. The highest BCUT2D eigenvalue weighted by Crippen LogP contribution is 2.31. The number of thiazole rings is 1. The van der Waals surface area contributed by atoms with Crippen molar-refractivity contribution in [3.63, 3.8) is 0 Å². The van der Waals surface area contributed by atoms with Crippen LogP contribution in [0, 0.1) is 5.82 Å². The Balaban J connectivity index is 1.70. The van der Waals surface area contributed by atoms with Crippen LogP contribution in [0.15, 0.2) is 36.4 Å². The van der Waals surface area contributed by atoms with Gasteiger partial charge in [-0.3, -0.25) is 4.79 Å². The van der Waals surface area contributed by atoms with Gasteiger partial charge in [-0.1, -0.05) is 11.6 Å². The van der Waals surface area contributed by atoms with Crippen LogP contribution in [-0.4, -0.2) is 10.9 Å². The summed E-state index contributed by atoms with van der Waals surface area (Å²) >= 11 is 7.24. The minimum atomic E-state index is -0.455. The van der Waals surface area contributed by atoms with Crippen molar-refractivity contribution in [2.75, 3.05) is 5.32 Å². The van der Waals surface area contributed by atoms with Crippen molar-refractivity contribution < 1.29 is 13.9 Å². The molecule has 4 nitrogen and oxygen atoms in total. The molecule has 0 radical (unpaired) electrons. The number of carbonyl (C=O) groups is 1. The van der Waals surface area contributed by atoms with Crippen LogP contribution in [0.25, 0.3) is 10.2 Å². The molecule has 0 aliphatic rings. The van der Waals surface area contributed by atoms with Crippen molar-refractivity contribution in [1.29, 1.82) is 0 Å². The summed E-state index contributed by atoms with van der Waals surface area (Å²) in [6, 6.07) is 9.91. The van der Waals surface area contributed by atoms with Crippen molar-refractivity contribution in [3.8, 4) is 5.75 Å². The first-order chi connectivity index (χ1) is 11.0. The van der Waals surface area contributed by atoms with Crippen LogP contribution in [0.5, 0.6) is 5.75 Å². The van der Waals surface area contributed by atoms with Gasteiger partial charge in [-0.25, -0.2) is 9.37 Å². The van der Waals surface area contributed by atoms with Gasteiger partial charge in [-0.05, 0) is 36.4 Å². The molecule has 2 aromatic carbocycles. The van der Waals surface area contributed by atoms with Crippen molar-refractivity contribution in [2.24, 2.45) is 0 Å². The molecule has 0 saturated carbocycles. The van der Waals surface area contributed by atoms with Gasteiger partial charge in [0.1, 0.15) is 23.2 Å². The predicted molar refractivity (Wildman–Crippen MR) is 89.7 cm³/mol. The van der Waals surface area contributed by atoms with Crippen molar-refractivity contribution in [2.45, 2.75) is 13.5 Å². The van der Waals surface area contributed by atoms with E-state index in [1.807, 2.05) is 0 Å². The number of aromatic nitrogens is 1. The second-order valence-electron chi connectivity index (χ2n) is 4.81. The molecule has 3 rings (SSSR count). The van der Waals surface area contributed by atoms with Crippen LogP contribution in [0.2, 0.25) is 5.02 Å². The quantitative estimate of drug-likeness (QED) is 0.746. The number of hydrogen-bond donors (Lipinski definition) is 1. The summed E-state index contributed by atoms with van der Waals surface area (Å²) in [5, 5.41) is 3.48. The number of amides is 1. The lowest BCUT2D eigenvalue weighted by Crippen LogP contribution is -2.05. The summed E-state index contributed by atoms with van der Waals surface area (Å²) in [6.07, 6.45) is 0. The standard InChI is InChI=1S/C16H12ClFN2O2S/c1-9(21)19-10-2-4-11(5-3-10)22-8-14-20-13-7-6-12(18)15(17)16(13)23-14/h2-7H,8H2,1H3,(H,19,21). The second kappa shape index (κ2) is 6.52. The van der Waals surface area contributed by atoms with Gasteiger partial charge >= 0.3 is 0 Å². The number of carbonyl (C=O) groups excluding carboxylic acids is 1. The molecule has 0 fully saturated rings. The van der Waals surface area contributed by atoms with Crippen LogP contribution in [0.3, 0.4) is 0 Å². The lowest BCUT2D eigenvalue weighted by molar-refractivity contribution is -0.114. The van der Waals surface area contributed by atoms with E-state index in [4.69, 9.17) is 16.3 Å². The molecule has 0 spiro atoms. The molecular formula is C16H12ClFN2O2S. The predicted octanol–water partition coefficient (Wildman–Crippen LogP) is 4.63. The number of hydrogen-bond acceptors (Lipinski definition) is 4.